The van der Waals surface area contributed by atoms with Crippen molar-refractivity contribution in [2.45, 2.75) is 53.0 Å². The van der Waals surface area contributed by atoms with Crippen LogP contribution < -0.4 is 10.6 Å². The average Bonchev–Trinajstić information content (AvgIpc) is 2.12. The highest BCUT2D eigenvalue weighted by Gasteiger charge is 2.05. The summed E-state index contributed by atoms with van der Waals surface area (Å²) in [5, 5.41) is 6.12. The fourth-order valence-corrected chi connectivity index (χ4v) is 1.42. The van der Waals surface area contributed by atoms with Crippen molar-refractivity contribution in [1.29, 1.82) is 0 Å². The van der Waals surface area contributed by atoms with E-state index in [0.717, 1.165) is 25.8 Å². The highest BCUT2D eigenvalue weighted by Crippen LogP contribution is 1.96. The molecule has 0 spiro atoms. The van der Waals surface area contributed by atoms with Gasteiger partial charge in [-0.05, 0) is 32.2 Å². The van der Waals surface area contributed by atoms with Gasteiger partial charge in [0.1, 0.15) is 0 Å². The number of carbonyl (C=O) groups is 1. The minimum Gasteiger partial charge on any atom is -0.353 e. The molecule has 1 atom stereocenters. The number of amides is 1. The number of nitrogens with one attached hydrogen (secondary N) is 2. The van der Waals surface area contributed by atoms with Crippen molar-refractivity contribution in [3.8, 4) is 0 Å². The Hall–Kier alpha value is -0.570. The lowest BCUT2D eigenvalue weighted by atomic mass is 10.1. The molecule has 0 aromatic carbocycles. The van der Waals surface area contributed by atoms with E-state index < -0.39 is 0 Å². The van der Waals surface area contributed by atoms with E-state index in [0.29, 0.717) is 18.5 Å². The van der Waals surface area contributed by atoms with Crippen LogP contribution in [0.4, 0.5) is 0 Å². The molecule has 90 valence electrons. The first-order chi connectivity index (χ1) is 7.06. The fourth-order valence-electron chi connectivity index (χ4n) is 1.42. The second-order valence-corrected chi connectivity index (χ2v) is 4.62. The monoisotopic (exact) mass is 214 g/mol. The van der Waals surface area contributed by atoms with E-state index >= 15 is 0 Å². The van der Waals surface area contributed by atoms with Crippen molar-refractivity contribution in [2.75, 3.05) is 13.1 Å². The highest BCUT2D eigenvalue weighted by atomic mass is 16.1. The van der Waals surface area contributed by atoms with Gasteiger partial charge in [0, 0.05) is 6.04 Å². The van der Waals surface area contributed by atoms with E-state index in [-0.39, 0.29) is 5.91 Å². The second-order valence-electron chi connectivity index (χ2n) is 4.62. The van der Waals surface area contributed by atoms with Gasteiger partial charge in [0.25, 0.3) is 0 Å². The third kappa shape index (κ3) is 9.73. The lowest BCUT2D eigenvalue weighted by Crippen LogP contribution is -2.39. The number of rotatable bonds is 8. The molecule has 0 radical (unpaired) electrons. The SMILES string of the molecule is CCCC(C)NC(=O)CNCCC(C)C. The zero-order valence-electron chi connectivity index (χ0n) is 10.6. The summed E-state index contributed by atoms with van der Waals surface area (Å²) in [5.74, 6) is 0.805. The Morgan fingerprint density at radius 3 is 2.40 bits per heavy atom. The molecule has 2 N–H and O–H groups in total. The molecule has 0 aliphatic heterocycles. The van der Waals surface area contributed by atoms with Crippen LogP contribution in [-0.2, 0) is 4.79 Å². The van der Waals surface area contributed by atoms with E-state index in [9.17, 15) is 4.79 Å². The van der Waals surface area contributed by atoms with E-state index in [1.54, 1.807) is 0 Å². The smallest absolute Gasteiger partial charge is 0.234 e. The summed E-state index contributed by atoms with van der Waals surface area (Å²) in [5.41, 5.74) is 0. The Morgan fingerprint density at radius 2 is 1.87 bits per heavy atom. The van der Waals surface area contributed by atoms with Gasteiger partial charge in [0.05, 0.1) is 6.54 Å². The van der Waals surface area contributed by atoms with Crippen molar-refractivity contribution >= 4 is 5.91 Å². The Kier molecular flexibility index (Phi) is 8.38. The summed E-state index contributed by atoms with van der Waals surface area (Å²) in [6.07, 6.45) is 3.29. The highest BCUT2D eigenvalue weighted by molar-refractivity contribution is 5.78. The van der Waals surface area contributed by atoms with Crippen LogP contribution >= 0.6 is 0 Å². The topological polar surface area (TPSA) is 41.1 Å². The molecule has 0 saturated carbocycles. The normalized spacial score (nSPS) is 12.9. The summed E-state index contributed by atoms with van der Waals surface area (Å²) in [4.78, 5) is 11.4. The first kappa shape index (κ1) is 14.4. The molecule has 0 aliphatic carbocycles. The second kappa shape index (κ2) is 8.72. The van der Waals surface area contributed by atoms with Gasteiger partial charge in [0.15, 0.2) is 0 Å². The van der Waals surface area contributed by atoms with Crippen LogP contribution in [0.25, 0.3) is 0 Å². The molecule has 0 bridgehead atoms. The molecular formula is C12H26N2O. The van der Waals surface area contributed by atoms with Gasteiger partial charge in [-0.3, -0.25) is 4.79 Å². The quantitative estimate of drug-likeness (QED) is 0.606. The Bertz CT molecular complexity index is 169. The first-order valence-electron chi connectivity index (χ1n) is 6.06. The van der Waals surface area contributed by atoms with Crippen LogP contribution in [0.5, 0.6) is 0 Å². The molecule has 0 fully saturated rings. The standard InChI is InChI=1S/C12H26N2O/c1-5-6-11(4)14-12(15)9-13-8-7-10(2)3/h10-11,13H,5-9H2,1-4H3,(H,14,15). The average molecular weight is 214 g/mol. The Morgan fingerprint density at radius 1 is 1.20 bits per heavy atom. The number of hydrogen-bond donors (Lipinski definition) is 2. The van der Waals surface area contributed by atoms with Crippen molar-refractivity contribution in [3.05, 3.63) is 0 Å². The number of carbonyl (C=O) groups excluding carboxylic acids is 1. The Balaban J connectivity index is 3.40. The van der Waals surface area contributed by atoms with Crippen LogP contribution in [0.3, 0.4) is 0 Å². The van der Waals surface area contributed by atoms with Gasteiger partial charge in [-0.1, -0.05) is 27.2 Å². The molecule has 1 amide bonds. The van der Waals surface area contributed by atoms with Crippen molar-refractivity contribution in [3.63, 3.8) is 0 Å². The lowest BCUT2D eigenvalue weighted by molar-refractivity contribution is -0.120. The van der Waals surface area contributed by atoms with Crippen molar-refractivity contribution in [1.82, 2.24) is 10.6 Å². The molecule has 1 unspecified atom stereocenters. The summed E-state index contributed by atoms with van der Waals surface area (Å²) >= 11 is 0. The van der Waals surface area contributed by atoms with Crippen molar-refractivity contribution in [2.24, 2.45) is 5.92 Å². The maximum atomic E-state index is 11.4. The molecule has 0 rings (SSSR count). The summed E-state index contributed by atoms with van der Waals surface area (Å²) in [6.45, 7) is 9.92. The van der Waals surface area contributed by atoms with Crippen LogP contribution in [0.15, 0.2) is 0 Å². The van der Waals surface area contributed by atoms with Crippen LogP contribution in [0, 0.1) is 5.92 Å². The first-order valence-corrected chi connectivity index (χ1v) is 6.06. The molecule has 0 saturated heterocycles. The predicted octanol–water partition coefficient (Wildman–Crippen LogP) is 1.93. The Labute approximate surface area is 94.0 Å². The van der Waals surface area contributed by atoms with E-state index in [1.165, 1.54) is 0 Å². The van der Waals surface area contributed by atoms with Crippen LogP contribution in [0.1, 0.15) is 47.0 Å². The number of hydrogen-bond acceptors (Lipinski definition) is 2. The van der Waals surface area contributed by atoms with Gasteiger partial charge in [-0.25, -0.2) is 0 Å². The van der Waals surface area contributed by atoms with Gasteiger partial charge in [-0.15, -0.1) is 0 Å². The predicted molar refractivity (Wildman–Crippen MR) is 64.8 cm³/mol. The van der Waals surface area contributed by atoms with Gasteiger partial charge in [0.2, 0.25) is 5.91 Å². The third-order valence-electron chi connectivity index (χ3n) is 2.31. The zero-order chi connectivity index (χ0) is 11.7. The zero-order valence-corrected chi connectivity index (χ0v) is 10.6. The molecule has 3 heteroatoms. The lowest BCUT2D eigenvalue weighted by Gasteiger charge is -2.13. The van der Waals surface area contributed by atoms with E-state index in [2.05, 4.69) is 38.3 Å². The van der Waals surface area contributed by atoms with E-state index in [1.807, 2.05) is 0 Å². The van der Waals surface area contributed by atoms with Gasteiger partial charge in [-0.2, -0.15) is 0 Å². The molecule has 3 nitrogen and oxygen atoms in total. The largest absolute Gasteiger partial charge is 0.353 e. The van der Waals surface area contributed by atoms with Crippen molar-refractivity contribution < 1.29 is 4.79 Å². The maximum Gasteiger partial charge on any atom is 0.234 e. The minimum atomic E-state index is 0.111. The van der Waals surface area contributed by atoms with Crippen LogP contribution in [0.2, 0.25) is 0 Å². The molecule has 0 heterocycles. The molecule has 0 aromatic heterocycles. The van der Waals surface area contributed by atoms with E-state index in [4.69, 9.17) is 0 Å². The molecular weight excluding hydrogens is 188 g/mol. The third-order valence-corrected chi connectivity index (χ3v) is 2.31. The molecule has 0 aromatic rings. The molecule has 15 heavy (non-hydrogen) atoms. The van der Waals surface area contributed by atoms with Gasteiger partial charge < -0.3 is 10.6 Å². The summed E-state index contributed by atoms with van der Waals surface area (Å²) < 4.78 is 0. The molecule has 0 aliphatic rings. The minimum absolute atomic E-state index is 0.111. The summed E-state index contributed by atoms with van der Waals surface area (Å²) in [6, 6.07) is 0.300. The van der Waals surface area contributed by atoms with Crippen LogP contribution in [-0.4, -0.2) is 25.0 Å². The summed E-state index contributed by atoms with van der Waals surface area (Å²) in [7, 11) is 0. The maximum absolute atomic E-state index is 11.4. The fraction of sp³-hybridized carbons (Fsp3) is 0.917. The van der Waals surface area contributed by atoms with Gasteiger partial charge >= 0.3 is 0 Å².